The molecule has 5 rings (SSSR count). The molecule has 2 aliphatic heterocycles. The average molecular weight is 271 g/mol. The Morgan fingerprint density at radius 1 is 1.20 bits per heavy atom. The third-order valence-electron chi connectivity index (χ3n) is 5.24. The Hall–Kier alpha value is -1.42. The van der Waals surface area contributed by atoms with Gasteiger partial charge < -0.3 is 9.88 Å². The third kappa shape index (κ3) is 1.46. The van der Waals surface area contributed by atoms with Gasteiger partial charge in [-0.1, -0.05) is 6.07 Å². The van der Waals surface area contributed by atoms with Gasteiger partial charge in [-0.2, -0.15) is 0 Å². The van der Waals surface area contributed by atoms with Crippen molar-refractivity contribution in [1.29, 1.82) is 0 Å². The van der Waals surface area contributed by atoms with Crippen molar-refractivity contribution in [3.63, 3.8) is 0 Å². The maximum Gasteiger partial charge on any atom is 0.151 e. The molecule has 1 N–H and O–H groups in total. The second kappa shape index (κ2) is 3.82. The number of rotatable bonds is 2. The number of para-hydroxylation sites is 1. The minimum atomic E-state index is -0.181. The van der Waals surface area contributed by atoms with E-state index in [4.69, 9.17) is 4.98 Å². The van der Waals surface area contributed by atoms with Crippen LogP contribution in [-0.2, 0) is 0 Å². The van der Waals surface area contributed by atoms with E-state index in [1.54, 1.807) is 6.07 Å². The van der Waals surface area contributed by atoms with Crippen molar-refractivity contribution in [3.05, 3.63) is 29.8 Å². The van der Waals surface area contributed by atoms with Gasteiger partial charge in [0.1, 0.15) is 11.3 Å². The largest absolute Gasteiger partial charge is 0.324 e. The topological polar surface area (TPSA) is 29.9 Å². The molecule has 2 saturated heterocycles. The normalized spacial score (nSPS) is 32.4. The van der Waals surface area contributed by atoms with E-state index in [0.29, 0.717) is 29.6 Å². The summed E-state index contributed by atoms with van der Waals surface area (Å²) in [6.45, 7) is 0. The summed E-state index contributed by atoms with van der Waals surface area (Å²) in [6, 6.07) is 7.11. The predicted molar refractivity (Wildman–Crippen MR) is 75.3 cm³/mol. The van der Waals surface area contributed by atoms with Crippen molar-refractivity contribution in [2.24, 2.45) is 0 Å². The summed E-state index contributed by atoms with van der Waals surface area (Å²) in [5.74, 6) is 1.42. The van der Waals surface area contributed by atoms with Crippen LogP contribution in [0.2, 0.25) is 0 Å². The maximum absolute atomic E-state index is 14.0. The number of halogens is 1. The second-order valence-electron chi connectivity index (χ2n) is 6.57. The van der Waals surface area contributed by atoms with Crippen LogP contribution >= 0.6 is 0 Å². The minimum absolute atomic E-state index is 0.181. The van der Waals surface area contributed by atoms with E-state index in [9.17, 15) is 4.39 Å². The summed E-state index contributed by atoms with van der Waals surface area (Å²) < 4.78 is 16.4. The lowest BCUT2D eigenvalue weighted by Gasteiger charge is -2.21. The molecule has 3 heterocycles. The van der Waals surface area contributed by atoms with Crippen molar-refractivity contribution < 1.29 is 4.39 Å². The summed E-state index contributed by atoms with van der Waals surface area (Å²) in [6.07, 6.45) is 6.12. The van der Waals surface area contributed by atoms with Crippen molar-refractivity contribution in [3.8, 4) is 0 Å². The van der Waals surface area contributed by atoms with Crippen LogP contribution in [0.15, 0.2) is 18.2 Å². The van der Waals surface area contributed by atoms with Crippen LogP contribution in [0.25, 0.3) is 11.0 Å². The Morgan fingerprint density at radius 3 is 2.80 bits per heavy atom. The number of imidazole rings is 1. The summed E-state index contributed by atoms with van der Waals surface area (Å²) in [5, 5.41) is 3.67. The Bertz CT molecular complexity index is 688. The molecule has 20 heavy (non-hydrogen) atoms. The van der Waals surface area contributed by atoms with Crippen molar-refractivity contribution in [2.45, 2.75) is 56.1 Å². The van der Waals surface area contributed by atoms with E-state index in [-0.39, 0.29) is 5.82 Å². The zero-order chi connectivity index (χ0) is 13.3. The molecule has 4 heteroatoms. The molecule has 1 saturated carbocycles. The van der Waals surface area contributed by atoms with Crippen LogP contribution in [0.4, 0.5) is 4.39 Å². The number of benzene rings is 1. The van der Waals surface area contributed by atoms with Crippen LogP contribution < -0.4 is 5.32 Å². The first-order chi connectivity index (χ1) is 9.81. The highest BCUT2D eigenvalue weighted by Gasteiger charge is 2.43. The number of hydrogen-bond donors (Lipinski definition) is 1. The lowest BCUT2D eigenvalue weighted by molar-refractivity contribution is 0.469. The number of nitrogens with one attached hydrogen (secondary N) is 1. The first-order valence-electron chi connectivity index (χ1n) is 7.73. The highest BCUT2D eigenvalue weighted by molar-refractivity contribution is 5.77. The van der Waals surface area contributed by atoms with Gasteiger partial charge in [0, 0.05) is 24.0 Å². The number of aromatic nitrogens is 2. The van der Waals surface area contributed by atoms with Crippen LogP contribution in [0.3, 0.4) is 0 Å². The second-order valence-corrected chi connectivity index (χ2v) is 6.57. The number of hydrogen-bond acceptors (Lipinski definition) is 2. The SMILES string of the molecule is Fc1cccc2c1nc(C1CC3CCC1N3)n2C1CC1. The summed E-state index contributed by atoms with van der Waals surface area (Å²) >= 11 is 0. The van der Waals surface area contributed by atoms with E-state index < -0.39 is 0 Å². The Labute approximate surface area is 117 Å². The van der Waals surface area contributed by atoms with Gasteiger partial charge in [-0.05, 0) is 44.2 Å². The van der Waals surface area contributed by atoms with Gasteiger partial charge in [-0.3, -0.25) is 0 Å². The highest BCUT2D eigenvalue weighted by atomic mass is 19.1. The van der Waals surface area contributed by atoms with E-state index in [2.05, 4.69) is 9.88 Å². The van der Waals surface area contributed by atoms with Crippen LogP contribution in [0.5, 0.6) is 0 Å². The van der Waals surface area contributed by atoms with Crippen molar-refractivity contribution >= 4 is 11.0 Å². The van der Waals surface area contributed by atoms with Gasteiger partial charge in [-0.15, -0.1) is 0 Å². The molecule has 0 amide bonds. The molecule has 3 fully saturated rings. The van der Waals surface area contributed by atoms with Gasteiger partial charge >= 0.3 is 0 Å². The Balaban J connectivity index is 1.71. The lowest BCUT2D eigenvalue weighted by atomic mass is 9.88. The number of fused-ring (bicyclic) bond motifs is 3. The van der Waals surface area contributed by atoms with Gasteiger partial charge in [0.25, 0.3) is 0 Å². The molecular formula is C16H18FN3. The Kier molecular flexibility index (Phi) is 2.15. The van der Waals surface area contributed by atoms with Gasteiger partial charge in [-0.25, -0.2) is 9.37 Å². The fourth-order valence-electron chi connectivity index (χ4n) is 4.19. The molecule has 2 aromatic rings. The summed E-state index contributed by atoms with van der Waals surface area (Å²) in [4.78, 5) is 4.72. The van der Waals surface area contributed by atoms with E-state index in [1.165, 1.54) is 38.2 Å². The first-order valence-corrected chi connectivity index (χ1v) is 7.73. The molecule has 1 aromatic heterocycles. The molecule has 0 spiro atoms. The molecule has 3 unspecified atom stereocenters. The van der Waals surface area contributed by atoms with Gasteiger partial charge in [0.05, 0.1) is 5.52 Å². The number of nitrogens with zero attached hydrogens (tertiary/aromatic N) is 2. The monoisotopic (exact) mass is 271 g/mol. The van der Waals surface area contributed by atoms with Crippen molar-refractivity contribution in [1.82, 2.24) is 14.9 Å². The molecular weight excluding hydrogens is 253 g/mol. The molecule has 3 nitrogen and oxygen atoms in total. The standard InChI is InChI=1S/C16H18FN3/c17-12-2-1-3-14-15(12)19-16(20(14)10-5-6-10)11-8-9-4-7-13(11)18-9/h1-3,9-11,13,18H,4-8H2. The zero-order valence-corrected chi connectivity index (χ0v) is 11.3. The van der Waals surface area contributed by atoms with Crippen LogP contribution in [0.1, 0.15) is 49.9 Å². The van der Waals surface area contributed by atoms with Crippen LogP contribution in [-0.4, -0.2) is 21.6 Å². The molecule has 104 valence electrons. The fourth-order valence-corrected chi connectivity index (χ4v) is 4.19. The molecule has 1 aromatic carbocycles. The van der Waals surface area contributed by atoms with E-state index in [1.807, 2.05) is 6.07 Å². The van der Waals surface area contributed by atoms with Gasteiger partial charge in [0.2, 0.25) is 0 Å². The average Bonchev–Trinajstić information content (AvgIpc) is 2.92. The van der Waals surface area contributed by atoms with Crippen LogP contribution in [0, 0.1) is 5.82 Å². The van der Waals surface area contributed by atoms with E-state index in [0.717, 1.165) is 11.3 Å². The minimum Gasteiger partial charge on any atom is -0.324 e. The Morgan fingerprint density at radius 2 is 2.10 bits per heavy atom. The predicted octanol–water partition coefficient (Wildman–Crippen LogP) is 3.12. The fraction of sp³-hybridized carbons (Fsp3) is 0.562. The molecule has 0 radical (unpaired) electrons. The smallest absolute Gasteiger partial charge is 0.151 e. The van der Waals surface area contributed by atoms with Gasteiger partial charge in [0.15, 0.2) is 5.82 Å². The maximum atomic E-state index is 14.0. The van der Waals surface area contributed by atoms with E-state index >= 15 is 0 Å². The highest BCUT2D eigenvalue weighted by Crippen LogP contribution is 2.45. The lowest BCUT2D eigenvalue weighted by Crippen LogP contribution is -2.23. The molecule has 1 aliphatic carbocycles. The molecule has 3 atom stereocenters. The summed E-state index contributed by atoms with van der Waals surface area (Å²) in [5.41, 5.74) is 1.56. The quantitative estimate of drug-likeness (QED) is 0.909. The first kappa shape index (κ1) is 11.3. The molecule has 3 aliphatic rings. The third-order valence-corrected chi connectivity index (χ3v) is 5.24. The summed E-state index contributed by atoms with van der Waals surface area (Å²) in [7, 11) is 0. The van der Waals surface area contributed by atoms with Crippen molar-refractivity contribution in [2.75, 3.05) is 0 Å². The molecule has 2 bridgehead atoms. The zero-order valence-electron chi connectivity index (χ0n) is 11.3.